The second-order valence-corrected chi connectivity index (χ2v) is 8.48. The maximum Gasteiger partial charge on any atom is 0.248 e. The average Bonchev–Trinajstić information content (AvgIpc) is 3.23. The Balaban J connectivity index is 1.34. The molecule has 0 amide bonds. The van der Waals surface area contributed by atoms with E-state index >= 15 is 0 Å². The number of rotatable bonds is 4. The monoisotopic (exact) mass is 352 g/mol. The standard InChI is InChI=1S/C19H30F2N4/c20-19(21)9-8-14(11-19)12-25-10-4-7-16(13-25)18-22-17(23-24-18)15-5-2-1-3-6-15/h14-16H,1-13H2,(H,22,23,24)/t14-,16-/m0/s1. The van der Waals surface area contributed by atoms with Gasteiger partial charge < -0.3 is 4.90 Å². The van der Waals surface area contributed by atoms with E-state index in [1.54, 1.807) is 0 Å². The smallest absolute Gasteiger partial charge is 0.248 e. The van der Waals surface area contributed by atoms with Gasteiger partial charge >= 0.3 is 0 Å². The molecule has 1 N–H and O–H groups in total. The normalized spacial score (nSPS) is 31.4. The molecule has 4 rings (SSSR count). The van der Waals surface area contributed by atoms with Crippen LogP contribution in [0.5, 0.6) is 0 Å². The van der Waals surface area contributed by atoms with Gasteiger partial charge in [0.2, 0.25) is 5.92 Å². The fourth-order valence-corrected chi connectivity index (χ4v) is 5.02. The van der Waals surface area contributed by atoms with Gasteiger partial charge in [-0.2, -0.15) is 5.10 Å². The highest BCUT2D eigenvalue weighted by Gasteiger charge is 2.40. The zero-order valence-electron chi connectivity index (χ0n) is 15.0. The number of aromatic amines is 1. The van der Waals surface area contributed by atoms with Crippen LogP contribution < -0.4 is 0 Å². The van der Waals surface area contributed by atoms with Crippen LogP contribution in [-0.2, 0) is 0 Å². The number of hydrogen-bond donors (Lipinski definition) is 1. The van der Waals surface area contributed by atoms with E-state index in [4.69, 9.17) is 4.98 Å². The number of nitrogens with zero attached hydrogens (tertiary/aromatic N) is 3. The molecule has 2 heterocycles. The molecule has 0 bridgehead atoms. The van der Waals surface area contributed by atoms with Crippen molar-refractivity contribution in [1.29, 1.82) is 0 Å². The lowest BCUT2D eigenvalue weighted by molar-refractivity contribution is 0.00299. The molecule has 3 fully saturated rings. The Hall–Kier alpha value is -1.04. The first-order valence-electron chi connectivity index (χ1n) is 10.1. The van der Waals surface area contributed by atoms with Crippen molar-refractivity contribution in [3.05, 3.63) is 11.6 Å². The predicted octanol–water partition coefficient (Wildman–Crippen LogP) is 4.47. The fraction of sp³-hybridized carbons (Fsp3) is 0.895. The van der Waals surface area contributed by atoms with Crippen LogP contribution in [0.15, 0.2) is 0 Å². The van der Waals surface area contributed by atoms with Crippen LogP contribution in [0.25, 0.3) is 0 Å². The molecule has 25 heavy (non-hydrogen) atoms. The first-order valence-corrected chi connectivity index (χ1v) is 10.1. The van der Waals surface area contributed by atoms with E-state index in [-0.39, 0.29) is 18.8 Å². The van der Waals surface area contributed by atoms with Crippen LogP contribution in [0.2, 0.25) is 0 Å². The second kappa shape index (κ2) is 7.29. The van der Waals surface area contributed by atoms with Crippen LogP contribution >= 0.6 is 0 Å². The molecule has 4 nitrogen and oxygen atoms in total. The summed E-state index contributed by atoms with van der Waals surface area (Å²) >= 11 is 0. The highest BCUT2D eigenvalue weighted by atomic mass is 19.3. The van der Waals surface area contributed by atoms with E-state index in [1.165, 1.54) is 32.1 Å². The van der Waals surface area contributed by atoms with E-state index in [0.29, 0.717) is 18.3 Å². The molecule has 1 aromatic rings. The molecule has 0 spiro atoms. The Morgan fingerprint density at radius 1 is 1.04 bits per heavy atom. The van der Waals surface area contributed by atoms with E-state index in [2.05, 4.69) is 15.1 Å². The van der Waals surface area contributed by atoms with Gasteiger partial charge in [0.05, 0.1) is 0 Å². The van der Waals surface area contributed by atoms with Crippen molar-refractivity contribution in [2.45, 2.75) is 82.0 Å². The molecule has 3 aliphatic rings. The Morgan fingerprint density at radius 2 is 1.84 bits per heavy atom. The lowest BCUT2D eigenvalue weighted by Crippen LogP contribution is -2.37. The number of hydrogen-bond acceptors (Lipinski definition) is 3. The molecule has 0 unspecified atom stereocenters. The van der Waals surface area contributed by atoms with Gasteiger partial charge in [-0.25, -0.2) is 13.8 Å². The first kappa shape index (κ1) is 17.4. The fourth-order valence-electron chi connectivity index (χ4n) is 5.02. The number of aromatic nitrogens is 3. The summed E-state index contributed by atoms with van der Waals surface area (Å²) in [7, 11) is 0. The van der Waals surface area contributed by atoms with Gasteiger partial charge in [-0.3, -0.25) is 5.10 Å². The minimum atomic E-state index is -2.43. The molecule has 2 atom stereocenters. The first-order chi connectivity index (χ1) is 12.1. The topological polar surface area (TPSA) is 44.8 Å². The van der Waals surface area contributed by atoms with Gasteiger partial charge in [-0.1, -0.05) is 19.3 Å². The Morgan fingerprint density at radius 3 is 2.60 bits per heavy atom. The van der Waals surface area contributed by atoms with Gasteiger partial charge in [-0.15, -0.1) is 0 Å². The molecular weight excluding hydrogens is 322 g/mol. The number of halogens is 2. The largest absolute Gasteiger partial charge is 0.302 e. The highest BCUT2D eigenvalue weighted by molar-refractivity contribution is 5.05. The van der Waals surface area contributed by atoms with E-state index in [9.17, 15) is 8.78 Å². The number of alkyl halides is 2. The Kier molecular flexibility index (Phi) is 5.07. The summed E-state index contributed by atoms with van der Waals surface area (Å²) in [6.45, 7) is 2.76. The van der Waals surface area contributed by atoms with Gasteiger partial charge in [0.25, 0.3) is 0 Å². The quantitative estimate of drug-likeness (QED) is 0.870. The van der Waals surface area contributed by atoms with E-state index < -0.39 is 5.92 Å². The second-order valence-electron chi connectivity index (χ2n) is 8.48. The molecule has 140 valence electrons. The van der Waals surface area contributed by atoms with Gasteiger partial charge in [0.1, 0.15) is 5.82 Å². The summed E-state index contributed by atoms with van der Waals surface area (Å²) in [6, 6.07) is 0. The van der Waals surface area contributed by atoms with Gasteiger partial charge in [-0.05, 0) is 44.6 Å². The Labute approximate surface area is 148 Å². The number of likely N-dealkylation sites (tertiary alicyclic amines) is 1. The van der Waals surface area contributed by atoms with Crippen molar-refractivity contribution in [3.63, 3.8) is 0 Å². The summed E-state index contributed by atoms with van der Waals surface area (Å²) in [5.74, 6) is 0.640. The van der Waals surface area contributed by atoms with Crippen molar-refractivity contribution in [2.24, 2.45) is 5.92 Å². The average molecular weight is 352 g/mol. The third-order valence-corrected chi connectivity index (χ3v) is 6.40. The lowest BCUT2D eigenvalue weighted by atomic mass is 9.89. The Bertz CT molecular complexity index is 568. The van der Waals surface area contributed by atoms with Crippen LogP contribution in [0.4, 0.5) is 8.78 Å². The summed E-state index contributed by atoms with van der Waals surface area (Å²) in [4.78, 5) is 7.21. The molecule has 1 aliphatic heterocycles. The number of piperidine rings is 1. The predicted molar refractivity (Wildman–Crippen MR) is 92.9 cm³/mol. The summed E-state index contributed by atoms with van der Waals surface area (Å²) in [5.41, 5.74) is 0. The van der Waals surface area contributed by atoms with Crippen molar-refractivity contribution in [3.8, 4) is 0 Å². The number of nitrogens with one attached hydrogen (secondary N) is 1. The minimum absolute atomic E-state index is 0.0700. The van der Waals surface area contributed by atoms with Crippen LogP contribution in [0, 0.1) is 5.92 Å². The molecule has 1 aromatic heterocycles. The third kappa shape index (κ3) is 4.21. The maximum atomic E-state index is 13.4. The summed E-state index contributed by atoms with van der Waals surface area (Å²) in [5, 5.41) is 7.71. The van der Waals surface area contributed by atoms with Gasteiger partial charge in [0.15, 0.2) is 5.82 Å². The zero-order valence-corrected chi connectivity index (χ0v) is 15.0. The zero-order chi connectivity index (χ0) is 17.3. The van der Waals surface area contributed by atoms with E-state index in [0.717, 1.165) is 44.1 Å². The summed E-state index contributed by atoms with van der Waals surface area (Å²) < 4.78 is 26.9. The van der Waals surface area contributed by atoms with Crippen molar-refractivity contribution in [2.75, 3.05) is 19.6 Å². The SMILES string of the molecule is FC1(F)CC[C@H](CN2CCC[C@H](c3n[nH]c(C4CCCCC4)n3)C2)C1. The third-order valence-electron chi connectivity index (χ3n) is 6.40. The molecular formula is C19H30F2N4. The minimum Gasteiger partial charge on any atom is -0.302 e. The van der Waals surface area contributed by atoms with E-state index in [1.807, 2.05) is 0 Å². The van der Waals surface area contributed by atoms with Crippen molar-refractivity contribution < 1.29 is 8.78 Å². The lowest BCUT2D eigenvalue weighted by Gasteiger charge is -2.33. The summed E-state index contributed by atoms with van der Waals surface area (Å²) in [6.07, 6.45) is 9.41. The molecule has 1 saturated heterocycles. The van der Waals surface area contributed by atoms with Crippen LogP contribution in [0.1, 0.15) is 87.7 Å². The molecule has 0 radical (unpaired) electrons. The molecule has 0 aromatic carbocycles. The highest BCUT2D eigenvalue weighted by Crippen LogP contribution is 2.40. The van der Waals surface area contributed by atoms with Gasteiger partial charge in [0, 0.05) is 37.8 Å². The van der Waals surface area contributed by atoms with Crippen molar-refractivity contribution in [1.82, 2.24) is 20.1 Å². The maximum absolute atomic E-state index is 13.4. The molecule has 2 saturated carbocycles. The molecule has 2 aliphatic carbocycles. The molecule has 6 heteroatoms. The number of H-pyrrole nitrogens is 1. The van der Waals surface area contributed by atoms with Crippen molar-refractivity contribution >= 4 is 0 Å². The van der Waals surface area contributed by atoms with Crippen LogP contribution in [0.3, 0.4) is 0 Å². The van der Waals surface area contributed by atoms with Crippen LogP contribution in [-0.4, -0.2) is 45.6 Å².